The van der Waals surface area contributed by atoms with Crippen molar-refractivity contribution in [3.63, 3.8) is 0 Å². The van der Waals surface area contributed by atoms with E-state index in [-0.39, 0.29) is 11.9 Å². The van der Waals surface area contributed by atoms with Gasteiger partial charge in [0.15, 0.2) is 0 Å². The van der Waals surface area contributed by atoms with Gasteiger partial charge in [-0.15, -0.1) is 0 Å². The highest BCUT2D eigenvalue weighted by Gasteiger charge is 2.23. The Hall–Kier alpha value is -1.72. The summed E-state index contributed by atoms with van der Waals surface area (Å²) >= 11 is 0. The van der Waals surface area contributed by atoms with E-state index < -0.39 is 0 Å². The maximum atomic E-state index is 11.8. The second-order valence-corrected chi connectivity index (χ2v) is 7.26. The Morgan fingerprint density at radius 2 is 1.27 bits per heavy atom. The summed E-state index contributed by atoms with van der Waals surface area (Å²) in [6.07, 6.45) is 8.55. The van der Waals surface area contributed by atoms with Gasteiger partial charge in [0.05, 0.1) is 11.4 Å². The summed E-state index contributed by atoms with van der Waals surface area (Å²) in [5, 5.41) is 7.62. The molecule has 1 fully saturated rings. The van der Waals surface area contributed by atoms with E-state index in [2.05, 4.69) is 10.3 Å². The molecule has 2 atom stereocenters. The van der Waals surface area contributed by atoms with Gasteiger partial charge in [0, 0.05) is 12.8 Å². The Morgan fingerprint density at radius 3 is 1.65 bits per heavy atom. The van der Waals surface area contributed by atoms with Gasteiger partial charge in [-0.05, 0) is 57.8 Å². The molecule has 1 saturated carbocycles. The molecule has 0 spiro atoms. The normalized spacial score (nSPS) is 21.4. The molecule has 0 aromatic heterocycles. The van der Waals surface area contributed by atoms with E-state index in [9.17, 15) is 9.59 Å². The molecule has 0 amide bonds. The van der Waals surface area contributed by atoms with E-state index in [0.717, 1.165) is 62.8 Å². The molecular formula is C20H34N2O4. The minimum Gasteiger partial charge on any atom is -0.318 e. The number of rotatable bonds is 10. The summed E-state index contributed by atoms with van der Waals surface area (Å²) in [5.74, 6) is 0.531. The van der Waals surface area contributed by atoms with Gasteiger partial charge in [-0.1, -0.05) is 43.4 Å². The van der Waals surface area contributed by atoms with Crippen molar-refractivity contribution in [1.82, 2.24) is 0 Å². The Balaban J connectivity index is 2.27. The molecule has 2 unspecified atom stereocenters. The molecule has 0 radical (unpaired) electrons. The zero-order valence-electron chi connectivity index (χ0n) is 16.8. The van der Waals surface area contributed by atoms with Crippen LogP contribution in [0, 0.1) is 11.8 Å². The monoisotopic (exact) mass is 366 g/mol. The van der Waals surface area contributed by atoms with Crippen LogP contribution in [0.2, 0.25) is 0 Å². The predicted octanol–water partition coefficient (Wildman–Crippen LogP) is 5.01. The highest BCUT2D eigenvalue weighted by molar-refractivity contribution is 5.82. The minimum atomic E-state index is -0.257. The van der Waals surface area contributed by atoms with E-state index in [1.807, 2.05) is 27.7 Å². The number of hydrogen-bond acceptors (Lipinski definition) is 6. The van der Waals surface area contributed by atoms with Crippen molar-refractivity contribution in [2.45, 2.75) is 91.9 Å². The molecule has 6 nitrogen and oxygen atoms in total. The van der Waals surface area contributed by atoms with E-state index >= 15 is 0 Å². The maximum absolute atomic E-state index is 11.8. The molecule has 6 heteroatoms. The number of oxime groups is 2. The van der Waals surface area contributed by atoms with Crippen LogP contribution in [0.3, 0.4) is 0 Å². The lowest BCUT2D eigenvalue weighted by Crippen LogP contribution is -2.18. The average Bonchev–Trinajstić information content (AvgIpc) is 2.67. The zero-order valence-corrected chi connectivity index (χ0v) is 16.8. The lowest BCUT2D eigenvalue weighted by atomic mass is 9.77. The van der Waals surface area contributed by atoms with Crippen LogP contribution in [0.15, 0.2) is 10.3 Å². The number of carbonyl (C=O) groups is 2. The Kier molecular flexibility index (Phi) is 10.8. The van der Waals surface area contributed by atoms with Gasteiger partial charge < -0.3 is 9.68 Å². The van der Waals surface area contributed by atoms with Crippen molar-refractivity contribution in [1.29, 1.82) is 0 Å². The third kappa shape index (κ3) is 9.68. The fraction of sp³-hybridized carbons (Fsp3) is 0.800. The molecule has 0 bridgehead atoms. The van der Waals surface area contributed by atoms with Crippen molar-refractivity contribution in [3.05, 3.63) is 0 Å². The van der Waals surface area contributed by atoms with Gasteiger partial charge in [0.2, 0.25) is 0 Å². The van der Waals surface area contributed by atoms with Gasteiger partial charge in [-0.25, -0.2) is 9.59 Å². The van der Waals surface area contributed by atoms with E-state index in [1.165, 1.54) is 0 Å². The van der Waals surface area contributed by atoms with Crippen LogP contribution >= 0.6 is 0 Å². The summed E-state index contributed by atoms with van der Waals surface area (Å²) in [6, 6.07) is 0. The quantitative estimate of drug-likeness (QED) is 0.309. The van der Waals surface area contributed by atoms with Crippen molar-refractivity contribution in [2.24, 2.45) is 22.1 Å². The summed E-state index contributed by atoms with van der Waals surface area (Å²) in [4.78, 5) is 33.3. The van der Waals surface area contributed by atoms with Gasteiger partial charge in [0.25, 0.3) is 0 Å². The molecule has 0 aromatic carbocycles. The summed E-state index contributed by atoms with van der Waals surface area (Å²) < 4.78 is 0. The highest BCUT2D eigenvalue weighted by atomic mass is 16.7. The first-order chi connectivity index (χ1) is 12.4. The topological polar surface area (TPSA) is 77.3 Å². The molecule has 0 saturated heterocycles. The van der Waals surface area contributed by atoms with Crippen LogP contribution < -0.4 is 0 Å². The molecule has 1 aliphatic rings. The van der Waals surface area contributed by atoms with Crippen molar-refractivity contribution in [3.8, 4) is 0 Å². The third-order valence-electron chi connectivity index (χ3n) is 5.03. The van der Waals surface area contributed by atoms with Crippen LogP contribution in [-0.4, -0.2) is 23.4 Å². The lowest BCUT2D eigenvalue weighted by molar-refractivity contribution is -0.144. The minimum absolute atomic E-state index is 0.257. The first-order valence-corrected chi connectivity index (χ1v) is 9.91. The Bertz CT molecular complexity index is 470. The molecular weight excluding hydrogens is 332 g/mol. The standard InChI is InChI=1S/C20H34N2O4/c1-5-15(3)21-25-19(23)12-10-17-8-7-9-18(14-17)11-13-20(24)26-22-16(4)6-2/h17-18H,5-14H2,1-4H3/b21-15-,22-16-. The van der Waals surface area contributed by atoms with E-state index in [1.54, 1.807) is 0 Å². The first-order valence-electron chi connectivity index (χ1n) is 9.91. The first kappa shape index (κ1) is 22.3. The molecule has 1 rings (SSSR count). The average molecular weight is 367 g/mol. The molecule has 0 heterocycles. The SMILES string of the molecule is CC/C(C)=N\OC(=O)CCC1CCCC(CCC(=O)O/N=C(/C)CC)C1. The fourth-order valence-corrected chi connectivity index (χ4v) is 3.05. The van der Waals surface area contributed by atoms with Crippen LogP contribution in [0.25, 0.3) is 0 Å². The highest BCUT2D eigenvalue weighted by Crippen LogP contribution is 2.34. The van der Waals surface area contributed by atoms with Gasteiger partial charge in [0.1, 0.15) is 0 Å². The summed E-state index contributed by atoms with van der Waals surface area (Å²) in [6.45, 7) is 7.64. The molecule has 148 valence electrons. The summed E-state index contributed by atoms with van der Waals surface area (Å²) in [5.41, 5.74) is 1.64. The molecule has 1 aliphatic carbocycles. The summed E-state index contributed by atoms with van der Waals surface area (Å²) in [7, 11) is 0. The number of hydrogen-bond donors (Lipinski definition) is 0. The third-order valence-corrected chi connectivity index (χ3v) is 5.03. The van der Waals surface area contributed by atoms with Crippen molar-refractivity contribution in [2.75, 3.05) is 0 Å². The van der Waals surface area contributed by atoms with Gasteiger partial charge in [-0.3, -0.25) is 0 Å². The van der Waals surface area contributed by atoms with Crippen LogP contribution in [0.1, 0.15) is 91.9 Å². The molecule has 0 aliphatic heterocycles. The van der Waals surface area contributed by atoms with Crippen LogP contribution in [0.5, 0.6) is 0 Å². The number of carbonyl (C=O) groups excluding carboxylic acids is 2. The smallest absolute Gasteiger partial charge is 0.318 e. The van der Waals surface area contributed by atoms with Gasteiger partial charge in [-0.2, -0.15) is 0 Å². The predicted molar refractivity (Wildman–Crippen MR) is 103 cm³/mol. The van der Waals surface area contributed by atoms with Crippen molar-refractivity contribution >= 4 is 23.4 Å². The zero-order chi connectivity index (χ0) is 19.4. The molecule has 0 N–H and O–H groups in total. The van der Waals surface area contributed by atoms with E-state index in [0.29, 0.717) is 24.7 Å². The lowest BCUT2D eigenvalue weighted by Gasteiger charge is -2.28. The van der Waals surface area contributed by atoms with Gasteiger partial charge >= 0.3 is 11.9 Å². The maximum Gasteiger partial charge on any atom is 0.335 e. The van der Waals surface area contributed by atoms with Crippen LogP contribution in [0.4, 0.5) is 0 Å². The molecule has 26 heavy (non-hydrogen) atoms. The van der Waals surface area contributed by atoms with Crippen molar-refractivity contribution < 1.29 is 19.3 Å². The Labute approximate surface area is 157 Å². The number of nitrogens with zero attached hydrogens (tertiary/aromatic N) is 2. The largest absolute Gasteiger partial charge is 0.335 e. The van der Waals surface area contributed by atoms with Crippen LogP contribution in [-0.2, 0) is 19.3 Å². The second-order valence-electron chi connectivity index (χ2n) is 7.26. The fourth-order valence-electron chi connectivity index (χ4n) is 3.05. The van der Waals surface area contributed by atoms with E-state index in [4.69, 9.17) is 9.68 Å². The Morgan fingerprint density at radius 1 is 0.846 bits per heavy atom. The second kappa shape index (κ2) is 12.6. The molecule has 0 aromatic rings.